The van der Waals surface area contributed by atoms with Crippen molar-refractivity contribution >= 4 is 39.9 Å². The molecule has 0 spiro atoms. The molecule has 0 aliphatic carbocycles. The molecule has 11 heteroatoms. The van der Waals surface area contributed by atoms with Gasteiger partial charge in [-0.1, -0.05) is 23.9 Å². The number of para-hydroxylation sites is 1. The summed E-state index contributed by atoms with van der Waals surface area (Å²) >= 11 is 1.14. The quantitative estimate of drug-likeness (QED) is 0.142. The van der Waals surface area contributed by atoms with Crippen molar-refractivity contribution in [2.45, 2.75) is 38.1 Å². The number of benzene rings is 2. The van der Waals surface area contributed by atoms with Gasteiger partial charge in [-0.3, -0.25) is 24.3 Å². The molecule has 180 valence electrons. The van der Waals surface area contributed by atoms with Crippen molar-refractivity contribution in [1.29, 1.82) is 0 Å². The number of fused-ring (bicyclic) bond motifs is 1. The Morgan fingerprint density at radius 2 is 2.03 bits per heavy atom. The highest BCUT2D eigenvalue weighted by Crippen LogP contribution is 2.29. The summed E-state index contributed by atoms with van der Waals surface area (Å²) in [5.41, 5.74) is 0.556. The van der Waals surface area contributed by atoms with Crippen molar-refractivity contribution in [1.82, 2.24) is 9.55 Å². The molecule has 0 bridgehead atoms. The van der Waals surface area contributed by atoms with Gasteiger partial charge in [0.15, 0.2) is 5.16 Å². The summed E-state index contributed by atoms with van der Waals surface area (Å²) in [6.07, 6.45) is 0.720. The van der Waals surface area contributed by atoms with Gasteiger partial charge in [0.25, 0.3) is 11.2 Å². The fourth-order valence-corrected chi connectivity index (χ4v) is 4.04. The number of aromatic nitrogens is 2. The summed E-state index contributed by atoms with van der Waals surface area (Å²) in [6.45, 7) is 4.80. The fraction of sp³-hybridized carbons (Fsp3) is 0.348. The van der Waals surface area contributed by atoms with Gasteiger partial charge in [-0.05, 0) is 38.5 Å². The molecule has 0 aliphatic heterocycles. The summed E-state index contributed by atoms with van der Waals surface area (Å²) in [6, 6.07) is 11.0. The number of methoxy groups -OCH3 is 1. The van der Waals surface area contributed by atoms with Crippen LogP contribution in [0.15, 0.2) is 52.4 Å². The smallest absolute Gasteiger partial charge is 0.273 e. The Kier molecular flexibility index (Phi) is 8.61. The second-order valence-corrected chi connectivity index (χ2v) is 8.56. The monoisotopic (exact) mass is 486 g/mol. The number of carbonyl (C=O) groups excluding carboxylic acids is 1. The number of carbonyl (C=O) groups is 1. The number of hydrogen-bond acceptors (Lipinski definition) is 8. The highest BCUT2D eigenvalue weighted by Gasteiger charge is 2.16. The van der Waals surface area contributed by atoms with E-state index in [-0.39, 0.29) is 34.8 Å². The van der Waals surface area contributed by atoms with E-state index in [2.05, 4.69) is 10.3 Å². The van der Waals surface area contributed by atoms with Crippen molar-refractivity contribution in [3.63, 3.8) is 0 Å². The van der Waals surface area contributed by atoms with E-state index in [1.165, 1.54) is 25.3 Å². The molecule has 34 heavy (non-hydrogen) atoms. The molecule has 0 saturated carbocycles. The number of rotatable bonds is 11. The lowest BCUT2D eigenvalue weighted by Crippen LogP contribution is -2.25. The number of nitrogens with zero attached hydrogens (tertiary/aromatic N) is 3. The first-order valence-corrected chi connectivity index (χ1v) is 11.6. The van der Waals surface area contributed by atoms with Crippen LogP contribution in [-0.2, 0) is 16.1 Å². The number of non-ortho nitro benzene ring substituents is 1. The molecular weight excluding hydrogens is 460 g/mol. The normalized spacial score (nSPS) is 11.1. The molecule has 3 aromatic rings. The summed E-state index contributed by atoms with van der Waals surface area (Å²) in [7, 11) is 1.37. The maximum Gasteiger partial charge on any atom is 0.273 e. The van der Waals surface area contributed by atoms with Gasteiger partial charge in [0, 0.05) is 19.2 Å². The molecule has 1 N–H and O–H groups in total. The third-order valence-electron chi connectivity index (χ3n) is 4.81. The van der Waals surface area contributed by atoms with E-state index in [9.17, 15) is 19.7 Å². The third kappa shape index (κ3) is 6.33. The molecule has 0 unspecified atom stereocenters. The van der Waals surface area contributed by atoms with Crippen molar-refractivity contribution in [3.05, 3.63) is 62.9 Å². The van der Waals surface area contributed by atoms with Crippen LogP contribution in [0.2, 0.25) is 0 Å². The zero-order valence-corrected chi connectivity index (χ0v) is 20.0. The molecule has 0 saturated heterocycles. The van der Waals surface area contributed by atoms with Crippen molar-refractivity contribution < 1.29 is 19.2 Å². The van der Waals surface area contributed by atoms with Gasteiger partial charge in [-0.15, -0.1) is 0 Å². The first kappa shape index (κ1) is 25.2. The molecule has 3 rings (SSSR count). The highest BCUT2D eigenvalue weighted by molar-refractivity contribution is 7.99. The predicted octanol–water partition coefficient (Wildman–Crippen LogP) is 3.86. The van der Waals surface area contributed by atoms with Crippen LogP contribution in [0.4, 0.5) is 11.4 Å². The lowest BCUT2D eigenvalue weighted by atomic mass is 10.2. The van der Waals surface area contributed by atoms with E-state index >= 15 is 0 Å². The summed E-state index contributed by atoms with van der Waals surface area (Å²) < 4.78 is 12.3. The highest BCUT2D eigenvalue weighted by atomic mass is 32.2. The molecule has 1 heterocycles. The lowest BCUT2D eigenvalue weighted by molar-refractivity contribution is -0.384. The molecular formula is C23H26N4O6S. The second kappa shape index (κ2) is 11.6. The predicted molar refractivity (Wildman–Crippen MR) is 131 cm³/mol. The number of nitrogens with one attached hydrogen (secondary N) is 1. The number of nitro groups is 1. The van der Waals surface area contributed by atoms with Gasteiger partial charge >= 0.3 is 0 Å². The minimum absolute atomic E-state index is 0.0204. The van der Waals surface area contributed by atoms with Gasteiger partial charge in [0.2, 0.25) is 5.91 Å². The van der Waals surface area contributed by atoms with Gasteiger partial charge in [0.05, 0.1) is 46.5 Å². The molecule has 2 aromatic carbocycles. The number of thioether (sulfide) groups is 1. The number of anilines is 1. The molecule has 0 atom stereocenters. The number of amides is 1. The summed E-state index contributed by atoms with van der Waals surface area (Å²) in [5, 5.41) is 14.6. The SMILES string of the molecule is COc1cc([N+](=O)[O-])ccc1NC(=O)CSc1nc2ccccc2c(=O)n1CCCOC(C)C. The maximum atomic E-state index is 13.1. The number of hydrogen-bond donors (Lipinski definition) is 1. The molecule has 1 aromatic heterocycles. The van der Waals surface area contributed by atoms with Crippen LogP contribution in [0.5, 0.6) is 5.75 Å². The van der Waals surface area contributed by atoms with Gasteiger partial charge < -0.3 is 14.8 Å². The summed E-state index contributed by atoms with van der Waals surface area (Å²) in [4.78, 5) is 40.7. The van der Waals surface area contributed by atoms with E-state index in [0.29, 0.717) is 41.3 Å². The molecule has 10 nitrogen and oxygen atoms in total. The van der Waals surface area contributed by atoms with Crippen LogP contribution in [0.25, 0.3) is 10.9 Å². The van der Waals surface area contributed by atoms with E-state index < -0.39 is 4.92 Å². The standard InChI is InChI=1S/C23H26N4O6S/c1-15(2)33-12-6-11-26-22(29)17-7-4-5-8-18(17)25-23(26)34-14-21(28)24-19-10-9-16(27(30)31)13-20(19)32-3/h4-5,7-10,13,15H,6,11-12,14H2,1-3H3,(H,24,28). The van der Waals surface area contributed by atoms with Gasteiger partial charge in [-0.2, -0.15) is 0 Å². The molecule has 1 amide bonds. The maximum absolute atomic E-state index is 13.1. The van der Waals surface area contributed by atoms with Crippen molar-refractivity contribution in [2.24, 2.45) is 0 Å². The molecule has 0 aliphatic rings. The topological polar surface area (TPSA) is 126 Å². The Bertz CT molecular complexity index is 1240. The fourth-order valence-electron chi connectivity index (χ4n) is 3.21. The van der Waals surface area contributed by atoms with Crippen LogP contribution >= 0.6 is 11.8 Å². The first-order chi connectivity index (χ1) is 16.3. The van der Waals surface area contributed by atoms with E-state index in [1.54, 1.807) is 28.8 Å². The Balaban J connectivity index is 1.77. The van der Waals surface area contributed by atoms with E-state index in [4.69, 9.17) is 9.47 Å². The Morgan fingerprint density at radius 1 is 1.26 bits per heavy atom. The van der Waals surface area contributed by atoms with E-state index in [1.807, 2.05) is 13.8 Å². The van der Waals surface area contributed by atoms with Crippen molar-refractivity contribution in [3.8, 4) is 5.75 Å². The average molecular weight is 487 g/mol. The minimum Gasteiger partial charge on any atom is -0.494 e. The zero-order chi connectivity index (χ0) is 24.7. The largest absolute Gasteiger partial charge is 0.494 e. The van der Waals surface area contributed by atoms with Crippen molar-refractivity contribution in [2.75, 3.05) is 24.8 Å². The Labute approximate surface area is 200 Å². The summed E-state index contributed by atoms with van der Waals surface area (Å²) in [5.74, 6) is -0.208. The minimum atomic E-state index is -0.541. The van der Waals surface area contributed by atoms with E-state index in [0.717, 1.165) is 11.8 Å². The zero-order valence-electron chi connectivity index (χ0n) is 19.1. The lowest BCUT2D eigenvalue weighted by Gasteiger charge is -2.14. The van der Waals surface area contributed by atoms with Crippen LogP contribution in [0.3, 0.4) is 0 Å². The number of ether oxygens (including phenoxy) is 2. The van der Waals surface area contributed by atoms with Crippen LogP contribution < -0.4 is 15.6 Å². The second-order valence-electron chi connectivity index (χ2n) is 7.62. The number of nitro benzene ring substituents is 1. The van der Waals surface area contributed by atoms with Gasteiger partial charge in [0.1, 0.15) is 5.75 Å². The molecule has 0 fully saturated rings. The Hall–Kier alpha value is -3.44. The van der Waals surface area contributed by atoms with Gasteiger partial charge in [-0.25, -0.2) is 4.98 Å². The average Bonchev–Trinajstić information content (AvgIpc) is 2.81. The van der Waals surface area contributed by atoms with Crippen LogP contribution in [-0.4, -0.2) is 46.0 Å². The van der Waals surface area contributed by atoms with Crippen LogP contribution in [0, 0.1) is 10.1 Å². The van der Waals surface area contributed by atoms with Crippen LogP contribution in [0.1, 0.15) is 20.3 Å². The molecule has 0 radical (unpaired) electrons. The third-order valence-corrected chi connectivity index (χ3v) is 5.78. The first-order valence-electron chi connectivity index (χ1n) is 10.7. The Morgan fingerprint density at radius 3 is 2.74 bits per heavy atom.